The molecular weight excluding hydrogens is 401 g/mol. The fraction of sp³-hybridized carbons (Fsp3) is 0.0625. The van der Waals surface area contributed by atoms with E-state index in [1.807, 2.05) is 5.10 Å². The van der Waals surface area contributed by atoms with Crippen molar-refractivity contribution < 1.29 is 18.0 Å². The van der Waals surface area contributed by atoms with E-state index < -0.39 is 17.8 Å². The van der Waals surface area contributed by atoms with Gasteiger partial charge >= 0.3 is 6.18 Å². The number of halogens is 4. The van der Waals surface area contributed by atoms with E-state index in [0.29, 0.717) is 4.47 Å². The van der Waals surface area contributed by atoms with E-state index in [2.05, 4.69) is 31.3 Å². The van der Waals surface area contributed by atoms with Crippen LogP contribution in [0.25, 0.3) is 11.1 Å². The van der Waals surface area contributed by atoms with Crippen molar-refractivity contribution >= 4 is 27.7 Å². The lowest BCUT2D eigenvalue weighted by atomic mass is 10.0. The molecule has 0 bridgehead atoms. The van der Waals surface area contributed by atoms with Crippen molar-refractivity contribution in [3.63, 3.8) is 0 Å². The first kappa shape index (κ1) is 17.2. The predicted molar refractivity (Wildman–Crippen MR) is 88.9 cm³/mol. The van der Waals surface area contributed by atoms with Crippen molar-refractivity contribution in [1.82, 2.24) is 15.2 Å². The molecule has 2 heterocycles. The molecule has 128 valence electrons. The number of benzene rings is 1. The highest BCUT2D eigenvalue weighted by molar-refractivity contribution is 9.10. The van der Waals surface area contributed by atoms with E-state index in [4.69, 9.17) is 0 Å². The van der Waals surface area contributed by atoms with E-state index in [1.165, 1.54) is 30.6 Å². The number of carbonyl (C=O) groups excluding carboxylic acids is 1. The standard InChI is InChI=1S/C16H10BrF3N4O/c17-11-6-10(7-21-8-11)15(25)22-14-12(9-4-2-1-3-5-9)13(23-24-14)16(18,19)20/h1-8H,(H2,22,23,24,25). The molecule has 5 nitrogen and oxygen atoms in total. The van der Waals surface area contributed by atoms with Crippen LogP contribution >= 0.6 is 15.9 Å². The van der Waals surface area contributed by atoms with E-state index >= 15 is 0 Å². The maximum atomic E-state index is 13.3. The predicted octanol–water partition coefficient (Wildman–Crippen LogP) is 4.51. The van der Waals surface area contributed by atoms with Gasteiger partial charge in [-0.05, 0) is 27.6 Å². The Labute approximate surface area is 148 Å². The minimum Gasteiger partial charge on any atom is -0.304 e. The zero-order chi connectivity index (χ0) is 18.0. The van der Waals surface area contributed by atoms with Gasteiger partial charge in [0, 0.05) is 16.9 Å². The molecule has 0 atom stereocenters. The molecule has 0 spiro atoms. The molecule has 9 heteroatoms. The molecule has 0 aliphatic carbocycles. The Morgan fingerprint density at radius 1 is 1.16 bits per heavy atom. The van der Waals surface area contributed by atoms with Crippen LogP contribution in [-0.2, 0) is 6.18 Å². The summed E-state index contributed by atoms with van der Waals surface area (Å²) in [5.74, 6) is -0.824. The molecule has 0 saturated carbocycles. The Balaban J connectivity index is 2.02. The van der Waals surface area contributed by atoms with Crippen molar-refractivity contribution in [1.29, 1.82) is 0 Å². The summed E-state index contributed by atoms with van der Waals surface area (Å²) in [6, 6.07) is 9.41. The van der Waals surface area contributed by atoms with Gasteiger partial charge in [-0.25, -0.2) is 0 Å². The molecule has 2 N–H and O–H groups in total. The van der Waals surface area contributed by atoms with Crippen molar-refractivity contribution in [3.8, 4) is 11.1 Å². The number of alkyl halides is 3. The summed E-state index contributed by atoms with van der Waals surface area (Å²) < 4.78 is 40.4. The number of nitrogens with zero attached hydrogens (tertiary/aromatic N) is 2. The van der Waals surface area contributed by atoms with Gasteiger partial charge in [-0.2, -0.15) is 18.3 Å². The van der Waals surface area contributed by atoms with Crippen molar-refractivity contribution in [2.45, 2.75) is 6.18 Å². The highest BCUT2D eigenvalue weighted by atomic mass is 79.9. The second kappa shape index (κ2) is 6.67. The van der Waals surface area contributed by atoms with Gasteiger partial charge in [0.05, 0.1) is 11.1 Å². The zero-order valence-electron chi connectivity index (χ0n) is 12.4. The summed E-state index contributed by atoms with van der Waals surface area (Å²) in [7, 11) is 0. The van der Waals surface area contributed by atoms with Crippen molar-refractivity contribution in [3.05, 3.63) is 64.5 Å². The topological polar surface area (TPSA) is 70.7 Å². The summed E-state index contributed by atoms with van der Waals surface area (Å²) in [5, 5.41) is 8.01. The van der Waals surface area contributed by atoms with E-state index in [0.717, 1.165) is 0 Å². The summed E-state index contributed by atoms with van der Waals surface area (Å²) in [6.45, 7) is 0. The molecule has 3 aromatic rings. The first-order chi connectivity index (χ1) is 11.9. The number of hydrogen-bond donors (Lipinski definition) is 2. The van der Waals surface area contributed by atoms with Gasteiger partial charge in [-0.15, -0.1) is 0 Å². The normalized spacial score (nSPS) is 11.4. The quantitative estimate of drug-likeness (QED) is 0.667. The smallest absolute Gasteiger partial charge is 0.304 e. The second-order valence-electron chi connectivity index (χ2n) is 5.03. The highest BCUT2D eigenvalue weighted by Gasteiger charge is 2.38. The van der Waals surface area contributed by atoms with Crippen LogP contribution < -0.4 is 5.32 Å². The second-order valence-corrected chi connectivity index (χ2v) is 5.95. The van der Waals surface area contributed by atoms with Crippen LogP contribution in [0.3, 0.4) is 0 Å². The maximum absolute atomic E-state index is 13.3. The fourth-order valence-electron chi connectivity index (χ4n) is 2.24. The number of carbonyl (C=O) groups is 1. The molecule has 1 aromatic carbocycles. The number of anilines is 1. The fourth-order valence-corrected chi connectivity index (χ4v) is 2.60. The monoisotopic (exact) mass is 410 g/mol. The lowest BCUT2D eigenvalue weighted by molar-refractivity contribution is -0.140. The third-order valence-electron chi connectivity index (χ3n) is 3.31. The largest absolute Gasteiger partial charge is 0.433 e. The van der Waals surface area contributed by atoms with Gasteiger partial charge in [0.15, 0.2) is 5.82 Å². The molecule has 25 heavy (non-hydrogen) atoms. The average Bonchev–Trinajstić information content (AvgIpc) is 2.99. The molecule has 1 amide bonds. The Bertz CT molecular complexity index is 909. The maximum Gasteiger partial charge on any atom is 0.433 e. The van der Waals surface area contributed by atoms with Crippen LogP contribution in [0, 0.1) is 0 Å². The first-order valence-electron chi connectivity index (χ1n) is 6.99. The summed E-state index contributed by atoms with van der Waals surface area (Å²) >= 11 is 3.18. The van der Waals surface area contributed by atoms with Gasteiger partial charge in [-0.3, -0.25) is 14.9 Å². The number of amides is 1. The molecule has 0 aliphatic heterocycles. The van der Waals surface area contributed by atoms with Gasteiger partial charge in [0.25, 0.3) is 5.91 Å². The van der Waals surface area contributed by atoms with Crippen LogP contribution in [0.15, 0.2) is 53.3 Å². The van der Waals surface area contributed by atoms with Gasteiger partial charge in [0.2, 0.25) is 0 Å². The van der Waals surface area contributed by atoms with E-state index in [-0.39, 0.29) is 22.5 Å². The molecule has 0 aliphatic rings. The zero-order valence-corrected chi connectivity index (χ0v) is 14.0. The van der Waals surface area contributed by atoms with E-state index in [1.54, 1.807) is 18.2 Å². The Morgan fingerprint density at radius 3 is 2.52 bits per heavy atom. The minimum atomic E-state index is -4.64. The number of nitrogens with one attached hydrogen (secondary N) is 2. The number of aromatic nitrogens is 3. The average molecular weight is 411 g/mol. The first-order valence-corrected chi connectivity index (χ1v) is 7.78. The lowest BCUT2D eigenvalue weighted by Crippen LogP contribution is -2.13. The number of pyridine rings is 1. The molecule has 3 rings (SSSR count). The molecular formula is C16H10BrF3N4O. The van der Waals surface area contributed by atoms with Crippen molar-refractivity contribution in [2.75, 3.05) is 5.32 Å². The van der Waals surface area contributed by atoms with Crippen LogP contribution in [0.1, 0.15) is 16.1 Å². The van der Waals surface area contributed by atoms with Gasteiger partial charge < -0.3 is 5.32 Å². The summed E-state index contributed by atoms with van der Waals surface area (Å²) in [6.07, 6.45) is -1.85. The Kier molecular flexibility index (Phi) is 4.58. The number of H-pyrrole nitrogens is 1. The van der Waals surface area contributed by atoms with Gasteiger partial charge in [-0.1, -0.05) is 30.3 Å². The molecule has 2 aromatic heterocycles. The van der Waals surface area contributed by atoms with Crippen LogP contribution in [0.5, 0.6) is 0 Å². The molecule has 0 radical (unpaired) electrons. The van der Waals surface area contributed by atoms with Gasteiger partial charge in [0.1, 0.15) is 5.69 Å². The number of aromatic amines is 1. The lowest BCUT2D eigenvalue weighted by Gasteiger charge is -2.09. The van der Waals surface area contributed by atoms with Crippen molar-refractivity contribution in [2.24, 2.45) is 0 Å². The Morgan fingerprint density at radius 2 is 1.88 bits per heavy atom. The molecule has 0 unspecified atom stereocenters. The van der Waals surface area contributed by atoms with Crippen LogP contribution in [0.4, 0.5) is 19.0 Å². The SMILES string of the molecule is O=C(Nc1n[nH]c(C(F)(F)F)c1-c1ccccc1)c1cncc(Br)c1. The van der Waals surface area contributed by atoms with Crippen LogP contribution in [0.2, 0.25) is 0 Å². The number of hydrogen-bond acceptors (Lipinski definition) is 3. The number of rotatable bonds is 3. The third kappa shape index (κ3) is 3.71. The third-order valence-corrected chi connectivity index (χ3v) is 3.74. The summed E-state index contributed by atoms with van der Waals surface area (Å²) in [5.41, 5.74) is -0.776. The Hall–Kier alpha value is -2.68. The summed E-state index contributed by atoms with van der Waals surface area (Å²) in [4.78, 5) is 16.2. The van der Waals surface area contributed by atoms with E-state index in [9.17, 15) is 18.0 Å². The molecule has 0 fully saturated rings. The molecule has 0 saturated heterocycles. The minimum absolute atomic E-state index is 0.185. The van der Waals surface area contributed by atoms with Crippen LogP contribution in [-0.4, -0.2) is 21.1 Å². The highest BCUT2D eigenvalue weighted by Crippen LogP contribution is 2.39.